The van der Waals surface area contributed by atoms with Crippen LogP contribution in [0, 0.1) is 6.92 Å². The van der Waals surface area contributed by atoms with Gasteiger partial charge in [-0.2, -0.15) is 0 Å². The molecule has 1 spiro atoms. The molecule has 0 aliphatic carbocycles. The maximum atomic E-state index is 13.8. The van der Waals surface area contributed by atoms with Crippen LogP contribution in [0.25, 0.3) is 0 Å². The van der Waals surface area contributed by atoms with E-state index in [-0.39, 0.29) is 22.8 Å². The number of hydrogen-bond donors (Lipinski definition) is 2. The van der Waals surface area contributed by atoms with Crippen molar-refractivity contribution < 1.29 is 19.1 Å². The average molecular weight is 381 g/mol. The minimum absolute atomic E-state index is 0.0288. The number of likely N-dealkylation sites (N-methyl/N-ethyl adjacent to an activating group) is 1. The van der Waals surface area contributed by atoms with Gasteiger partial charge in [0, 0.05) is 29.6 Å². The van der Waals surface area contributed by atoms with Crippen molar-refractivity contribution in [2.45, 2.75) is 19.3 Å². The van der Waals surface area contributed by atoms with E-state index in [9.17, 15) is 14.4 Å². The molecule has 0 saturated carbocycles. The van der Waals surface area contributed by atoms with Crippen molar-refractivity contribution in [1.82, 2.24) is 4.98 Å². The number of aryl methyl sites for hydroxylation is 1. The Morgan fingerprint density at radius 3 is 2.71 bits per heavy atom. The van der Waals surface area contributed by atoms with E-state index in [1.807, 2.05) is 6.92 Å². The number of carbonyl (C=O) groups excluding carboxylic acids is 2. The summed E-state index contributed by atoms with van der Waals surface area (Å²) in [6.45, 7) is 3.86. The summed E-state index contributed by atoms with van der Waals surface area (Å²) in [5, 5.41) is 0. The number of para-hydroxylation sites is 1. The number of aromatic nitrogens is 1. The van der Waals surface area contributed by atoms with Gasteiger partial charge in [-0.15, -0.1) is 0 Å². The first-order valence-corrected chi connectivity index (χ1v) is 8.80. The van der Waals surface area contributed by atoms with Gasteiger partial charge in [-0.1, -0.05) is 18.2 Å². The Bertz CT molecular complexity index is 1120. The van der Waals surface area contributed by atoms with Gasteiger partial charge in [-0.05, 0) is 19.9 Å². The molecule has 1 aromatic heterocycles. The SMILES string of the molecule is CCN1C(=O)[C@@]2(C(C(=O)OC)=C(N)Oc3cc(C)[nH]c(=O)c32)c2ccccc21. The Kier molecular flexibility index (Phi) is 3.81. The van der Waals surface area contributed by atoms with Crippen LogP contribution in [-0.4, -0.2) is 30.5 Å². The first kappa shape index (κ1) is 17.8. The molecule has 2 aliphatic rings. The molecule has 3 heterocycles. The summed E-state index contributed by atoms with van der Waals surface area (Å²) in [5.74, 6) is -1.39. The largest absolute Gasteiger partial charge is 0.465 e. The lowest BCUT2D eigenvalue weighted by Crippen LogP contribution is -2.51. The van der Waals surface area contributed by atoms with Crippen molar-refractivity contribution in [3.63, 3.8) is 0 Å². The van der Waals surface area contributed by atoms with E-state index in [1.165, 1.54) is 12.0 Å². The molecule has 1 amide bonds. The maximum Gasteiger partial charge on any atom is 0.340 e. The lowest BCUT2D eigenvalue weighted by atomic mass is 9.68. The number of ether oxygens (including phenoxy) is 2. The molecule has 1 atom stereocenters. The van der Waals surface area contributed by atoms with Gasteiger partial charge in [0.05, 0.1) is 12.7 Å². The zero-order valence-electron chi connectivity index (χ0n) is 15.7. The molecule has 1 aromatic carbocycles. The molecule has 0 bridgehead atoms. The van der Waals surface area contributed by atoms with Crippen LogP contribution < -0.4 is 20.9 Å². The summed E-state index contributed by atoms with van der Waals surface area (Å²) in [7, 11) is 1.19. The van der Waals surface area contributed by atoms with Crippen LogP contribution in [-0.2, 0) is 19.7 Å². The Morgan fingerprint density at radius 1 is 1.32 bits per heavy atom. The van der Waals surface area contributed by atoms with E-state index < -0.39 is 22.9 Å². The predicted molar refractivity (Wildman–Crippen MR) is 101 cm³/mol. The third-order valence-electron chi connectivity index (χ3n) is 5.22. The fourth-order valence-electron chi connectivity index (χ4n) is 4.18. The number of rotatable bonds is 2. The van der Waals surface area contributed by atoms with Crippen molar-refractivity contribution in [3.8, 4) is 5.75 Å². The number of nitrogens with zero attached hydrogens (tertiary/aromatic N) is 1. The zero-order chi connectivity index (χ0) is 20.2. The third kappa shape index (κ3) is 2.02. The van der Waals surface area contributed by atoms with Gasteiger partial charge in [0.1, 0.15) is 16.7 Å². The van der Waals surface area contributed by atoms with E-state index in [0.29, 0.717) is 23.5 Å². The molecule has 4 rings (SSSR count). The van der Waals surface area contributed by atoms with Gasteiger partial charge in [0.15, 0.2) is 0 Å². The molecule has 8 heteroatoms. The van der Waals surface area contributed by atoms with Gasteiger partial charge in [0.25, 0.3) is 5.56 Å². The van der Waals surface area contributed by atoms with E-state index in [4.69, 9.17) is 15.2 Å². The smallest absolute Gasteiger partial charge is 0.340 e. The molecule has 2 aromatic rings. The summed E-state index contributed by atoms with van der Waals surface area (Å²) in [6.07, 6.45) is 0. The van der Waals surface area contributed by atoms with E-state index in [1.54, 1.807) is 37.3 Å². The van der Waals surface area contributed by atoms with Crippen LogP contribution >= 0.6 is 0 Å². The first-order chi connectivity index (χ1) is 13.4. The fourth-order valence-corrected chi connectivity index (χ4v) is 4.18. The number of fused-ring (bicyclic) bond motifs is 4. The normalized spacial score (nSPS) is 20.1. The molecule has 2 aliphatic heterocycles. The Morgan fingerprint density at radius 2 is 2.04 bits per heavy atom. The van der Waals surface area contributed by atoms with Gasteiger partial charge in [0.2, 0.25) is 11.8 Å². The van der Waals surface area contributed by atoms with Crippen LogP contribution in [0.15, 0.2) is 46.6 Å². The zero-order valence-corrected chi connectivity index (χ0v) is 15.7. The molecule has 28 heavy (non-hydrogen) atoms. The standard InChI is InChI=1S/C20H19N3O5/c1-4-23-12-8-6-5-7-11(12)20(19(23)26)14-13(9-10(2)22-17(14)24)28-16(21)15(20)18(25)27-3/h5-9H,4,21H2,1-3H3,(H,22,24)/t20-/m0/s1. The van der Waals surface area contributed by atoms with E-state index in [2.05, 4.69) is 4.98 Å². The molecule has 0 unspecified atom stereocenters. The number of nitrogens with one attached hydrogen (secondary N) is 1. The number of carbonyl (C=O) groups is 2. The summed E-state index contributed by atoms with van der Waals surface area (Å²) in [5.41, 5.74) is 5.32. The molecule has 0 saturated heterocycles. The lowest BCUT2D eigenvalue weighted by Gasteiger charge is -2.35. The average Bonchev–Trinajstić information content (AvgIpc) is 2.89. The Labute approximate surface area is 160 Å². The van der Waals surface area contributed by atoms with Gasteiger partial charge >= 0.3 is 5.97 Å². The summed E-state index contributed by atoms with van der Waals surface area (Å²) < 4.78 is 10.5. The van der Waals surface area contributed by atoms with Crippen LogP contribution in [0.2, 0.25) is 0 Å². The summed E-state index contributed by atoms with van der Waals surface area (Å²) >= 11 is 0. The third-order valence-corrected chi connectivity index (χ3v) is 5.22. The predicted octanol–water partition coefficient (Wildman–Crippen LogP) is 1.07. The fraction of sp³-hybridized carbons (Fsp3) is 0.250. The second kappa shape index (κ2) is 5.98. The van der Waals surface area contributed by atoms with Crippen LogP contribution in [0.3, 0.4) is 0 Å². The number of benzene rings is 1. The number of aromatic amines is 1. The van der Waals surface area contributed by atoms with E-state index in [0.717, 1.165) is 0 Å². The Hall–Kier alpha value is -3.55. The Balaban J connectivity index is 2.22. The summed E-state index contributed by atoms with van der Waals surface area (Å²) in [4.78, 5) is 43.8. The van der Waals surface area contributed by atoms with Crippen LogP contribution in [0.4, 0.5) is 5.69 Å². The van der Waals surface area contributed by atoms with Crippen LogP contribution in [0.5, 0.6) is 5.75 Å². The quantitative estimate of drug-likeness (QED) is 0.752. The molecule has 3 N–H and O–H groups in total. The van der Waals surface area contributed by atoms with Crippen molar-refractivity contribution in [2.75, 3.05) is 18.6 Å². The highest BCUT2D eigenvalue weighted by Crippen LogP contribution is 2.54. The second-order valence-corrected chi connectivity index (χ2v) is 6.67. The summed E-state index contributed by atoms with van der Waals surface area (Å²) in [6, 6.07) is 8.61. The molecule has 0 radical (unpaired) electrons. The molecule has 0 fully saturated rings. The number of esters is 1. The van der Waals surface area contributed by atoms with Gasteiger partial charge in [-0.25, -0.2) is 4.79 Å². The number of anilines is 1. The van der Waals surface area contributed by atoms with Crippen molar-refractivity contribution in [1.29, 1.82) is 0 Å². The van der Waals surface area contributed by atoms with Crippen molar-refractivity contribution >= 4 is 17.6 Å². The van der Waals surface area contributed by atoms with Crippen molar-refractivity contribution in [2.24, 2.45) is 5.73 Å². The molecular formula is C20H19N3O5. The molecular weight excluding hydrogens is 362 g/mol. The lowest BCUT2D eigenvalue weighted by molar-refractivity contribution is -0.138. The molecule has 8 nitrogen and oxygen atoms in total. The number of nitrogens with two attached hydrogens (primary N) is 1. The maximum absolute atomic E-state index is 13.8. The second-order valence-electron chi connectivity index (χ2n) is 6.67. The van der Waals surface area contributed by atoms with Crippen LogP contribution in [0.1, 0.15) is 23.7 Å². The number of amides is 1. The minimum atomic E-state index is -1.74. The van der Waals surface area contributed by atoms with Gasteiger partial charge < -0.3 is 25.1 Å². The molecule has 144 valence electrons. The minimum Gasteiger partial charge on any atom is -0.465 e. The number of hydrogen-bond acceptors (Lipinski definition) is 6. The highest BCUT2D eigenvalue weighted by molar-refractivity contribution is 6.18. The number of H-pyrrole nitrogens is 1. The topological polar surface area (TPSA) is 115 Å². The first-order valence-electron chi connectivity index (χ1n) is 8.80. The van der Waals surface area contributed by atoms with E-state index >= 15 is 0 Å². The number of methoxy groups -OCH3 is 1. The van der Waals surface area contributed by atoms with Crippen molar-refractivity contribution in [3.05, 3.63) is 69.0 Å². The highest BCUT2D eigenvalue weighted by atomic mass is 16.5. The highest BCUT2D eigenvalue weighted by Gasteiger charge is 2.62. The van der Waals surface area contributed by atoms with Gasteiger partial charge in [-0.3, -0.25) is 9.59 Å². The monoisotopic (exact) mass is 381 g/mol. The number of pyridine rings is 1.